The second kappa shape index (κ2) is 8.04. The first-order valence-electron chi connectivity index (χ1n) is 5.81. The summed E-state index contributed by atoms with van der Waals surface area (Å²) in [6.45, 7) is 14.8. The normalized spacial score (nSPS) is 17.1. The van der Waals surface area contributed by atoms with Crippen molar-refractivity contribution in [2.75, 3.05) is 0 Å². The van der Waals surface area contributed by atoms with Crippen molar-refractivity contribution in [2.24, 2.45) is 11.8 Å². The van der Waals surface area contributed by atoms with Crippen LogP contribution < -0.4 is 0 Å². The van der Waals surface area contributed by atoms with Crippen molar-refractivity contribution >= 4 is 8.80 Å². The first kappa shape index (κ1) is 13.7. The largest absolute Gasteiger partial charge is 0.103 e. The van der Waals surface area contributed by atoms with Crippen molar-refractivity contribution in [3.63, 3.8) is 0 Å². The highest BCUT2D eigenvalue weighted by Gasteiger charge is 2.12. The minimum Gasteiger partial charge on any atom is -0.103 e. The lowest BCUT2D eigenvalue weighted by atomic mass is 10.1. The Bertz CT molecular complexity index is 145. The van der Waals surface area contributed by atoms with E-state index in [2.05, 4.69) is 45.7 Å². The van der Waals surface area contributed by atoms with E-state index in [1.54, 1.807) is 0 Å². The number of hydrogen-bond acceptors (Lipinski definition) is 0. The first-order valence-corrected chi connectivity index (χ1v) is 8.60. The Kier molecular flexibility index (Phi) is 7.87. The van der Waals surface area contributed by atoms with Gasteiger partial charge < -0.3 is 0 Å². The van der Waals surface area contributed by atoms with Gasteiger partial charge in [-0.3, -0.25) is 0 Å². The molecule has 0 aromatic heterocycles. The molecule has 14 heavy (non-hydrogen) atoms. The van der Waals surface area contributed by atoms with Crippen LogP contribution in [0.15, 0.2) is 25.3 Å². The SMILES string of the molecule is C=CCC(C)C[SiH](C)CC(C)CC=C. The van der Waals surface area contributed by atoms with Gasteiger partial charge in [0.1, 0.15) is 0 Å². The third kappa shape index (κ3) is 7.13. The van der Waals surface area contributed by atoms with E-state index < -0.39 is 8.80 Å². The molecule has 0 heterocycles. The molecule has 0 saturated carbocycles. The Morgan fingerprint density at radius 1 is 1.00 bits per heavy atom. The smallest absolute Gasteiger partial charge is 0.0342 e. The zero-order valence-corrected chi connectivity index (χ0v) is 11.3. The summed E-state index contributed by atoms with van der Waals surface area (Å²) in [5, 5.41) is 0. The zero-order valence-electron chi connectivity index (χ0n) is 10.1. The fourth-order valence-electron chi connectivity index (χ4n) is 2.23. The van der Waals surface area contributed by atoms with E-state index in [0.29, 0.717) is 0 Å². The van der Waals surface area contributed by atoms with Crippen LogP contribution in [0.2, 0.25) is 18.6 Å². The standard InChI is InChI=1S/C13H26Si/c1-6-8-12(3)10-14(5)11-13(4)9-7-2/h6-7,12-14H,1-2,8-11H2,3-5H3. The van der Waals surface area contributed by atoms with E-state index in [0.717, 1.165) is 11.8 Å². The molecule has 0 bridgehead atoms. The van der Waals surface area contributed by atoms with Crippen LogP contribution in [0.3, 0.4) is 0 Å². The van der Waals surface area contributed by atoms with E-state index in [-0.39, 0.29) is 0 Å². The zero-order chi connectivity index (χ0) is 11.0. The minimum atomic E-state index is -0.477. The molecule has 0 amide bonds. The third-order valence-electron chi connectivity index (χ3n) is 2.75. The molecule has 0 N–H and O–H groups in total. The molecular weight excluding hydrogens is 184 g/mol. The van der Waals surface area contributed by atoms with Gasteiger partial charge in [-0.1, -0.05) is 44.6 Å². The maximum Gasteiger partial charge on any atom is 0.0342 e. The van der Waals surface area contributed by atoms with Crippen molar-refractivity contribution in [3.8, 4) is 0 Å². The van der Waals surface area contributed by atoms with Gasteiger partial charge in [-0.05, 0) is 24.7 Å². The molecule has 0 aliphatic heterocycles. The van der Waals surface area contributed by atoms with E-state index in [9.17, 15) is 0 Å². The van der Waals surface area contributed by atoms with E-state index in [1.165, 1.54) is 24.9 Å². The molecule has 0 radical (unpaired) electrons. The molecule has 82 valence electrons. The Morgan fingerprint density at radius 2 is 1.36 bits per heavy atom. The number of rotatable bonds is 8. The second-order valence-corrected chi connectivity index (χ2v) is 7.99. The summed E-state index contributed by atoms with van der Waals surface area (Å²) in [4.78, 5) is 0. The molecule has 1 heteroatoms. The van der Waals surface area contributed by atoms with Crippen LogP contribution in [0, 0.1) is 11.8 Å². The lowest BCUT2D eigenvalue weighted by Crippen LogP contribution is -2.14. The Balaban J connectivity index is 3.67. The van der Waals surface area contributed by atoms with E-state index >= 15 is 0 Å². The fourth-order valence-corrected chi connectivity index (χ4v) is 5.56. The van der Waals surface area contributed by atoms with Gasteiger partial charge in [0.2, 0.25) is 0 Å². The molecule has 0 spiro atoms. The molecule has 0 nitrogen and oxygen atoms in total. The van der Waals surface area contributed by atoms with Gasteiger partial charge in [-0.2, -0.15) is 0 Å². The Morgan fingerprint density at radius 3 is 1.64 bits per heavy atom. The average molecular weight is 210 g/mol. The highest BCUT2D eigenvalue weighted by molar-refractivity contribution is 6.57. The number of allylic oxidation sites excluding steroid dienone is 2. The lowest BCUT2D eigenvalue weighted by Gasteiger charge is -2.17. The van der Waals surface area contributed by atoms with E-state index in [1.807, 2.05) is 0 Å². The molecule has 2 atom stereocenters. The summed E-state index contributed by atoms with van der Waals surface area (Å²) in [7, 11) is -0.477. The lowest BCUT2D eigenvalue weighted by molar-refractivity contribution is 0.627. The number of hydrogen-bond donors (Lipinski definition) is 0. The average Bonchev–Trinajstić information content (AvgIpc) is 2.03. The second-order valence-electron chi connectivity index (χ2n) is 4.84. The summed E-state index contributed by atoms with van der Waals surface area (Å²) in [5.74, 6) is 1.70. The Hall–Kier alpha value is -0.303. The molecule has 0 fully saturated rings. The summed E-state index contributed by atoms with van der Waals surface area (Å²) < 4.78 is 0. The van der Waals surface area contributed by atoms with Crippen molar-refractivity contribution < 1.29 is 0 Å². The highest BCUT2D eigenvalue weighted by Crippen LogP contribution is 2.19. The van der Waals surface area contributed by atoms with E-state index in [4.69, 9.17) is 0 Å². The quantitative estimate of drug-likeness (QED) is 0.415. The van der Waals surface area contributed by atoms with Crippen molar-refractivity contribution in [2.45, 2.75) is 45.3 Å². The topological polar surface area (TPSA) is 0 Å². The molecule has 0 aliphatic carbocycles. The molecule has 0 rings (SSSR count). The summed E-state index contributed by atoms with van der Waals surface area (Å²) in [6, 6.07) is 2.93. The first-order chi connectivity index (χ1) is 6.60. The van der Waals surface area contributed by atoms with Gasteiger partial charge in [-0.15, -0.1) is 13.2 Å². The molecule has 2 unspecified atom stereocenters. The van der Waals surface area contributed by atoms with Gasteiger partial charge in [0.05, 0.1) is 0 Å². The monoisotopic (exact) mass is 210 g/mol. The summed E-state index contributed by atoms with van der Waals surface area (Å²) in [5.41, 5.74) is 0. The van der Waals surface area contributed by atoms with Gasteiger partial charge >= 0.3 is 0 Å². The summed E-state index contributed by atoms with van der Waals surface area (Å²) >= 11 is 0. The van der Waals surface area contributed by atoms with Crippen LogP contribution in [-0.4, -0.2) is 8.80 Å². The molecule has 0 aliphatic rings. The molecule has 0 aromatic rings. The van der Waals surface area contributed by atoms with Crippen LogP contribution in [0.25, 0.3) is 0 Å². The fraction of sp³-hybridized carbons (Fsp3) is 0.692. The van der Waals surface area contributed by atoms with Crippen molar-refractivity contribution in [1.82, 2.24) is 0 Å². The van der Waals surface area contributed by atoms with Crippen molar-refractivity contribution in [1.29, 1.82) is 0 Å². The van der Waals surface area contributed by atoms with Crippen LogP contribution >= 0.6 is 0 Å². The third-order valence-corrected chi connectivity index (χ3v) is 5.97. The van der Waals surface area contributed by atoms with Gasteiger partial charge in [-0.25, -0.2) is 0 Å². The molecular formula is C13H26Si. The maximum absolute atomic E-state index is 3.80. The van der Waals surface area contributed by atoms with Gasteiger partial charge in [0.25, 0.3) is 0 Å². The summed E-state index contributed by atoms with van der Waals surface area (Å²) in [6.07, 6.45) is 6.48. The molecule has 0 aromatic carbocycles. The molecule has 0 saturated heterocycles. The minimum absolute atomic E-state index is 0.477. The van der Waals surface area contributed by atoms with Crippen molar-refractivity contribution in [3.05, 3.63) is 25.3 Å². The van der Waals surface area contributed by atoms with Crippen LogP contribution in [0.5, 0.6) is 0 Å². The van der Waals surface area contributed by atoms with Gasteiger partial charge in [0.15, 0.2) is 0 Å². The highest BCUT2D eigenvalue weighted by atomic mass is 28.3. The van der Waals surface area contributed by atoms with Crippen LogP contribution in [0.4, 0.5) is 0 Å². The predicted molar refractivity (Wildman–Crippen MR) is 70.6 cm³/mol. The maximum atomic E-state index is 3.80. The van der Waals surface area contributed by atoms with Gasteiger partial charge in [0, 0.05) is 8.80 Å². The van der Waals surface area contributed by atoms with Crippen LogP contribution in [0.1, 0.15) is 26.7 Å². The van der Waals surface area contributed by atoms with Crippen LogP contribution in [-0.2, 0) is 0 Å². The Labute approximate surface area is 91.7 Å². The predicted octanol–water partition coefficient (Wildman–Crippen LogP) is 4.27.